The van der Waals surface area contributed by atoms with E-state index in [9.17, 15) is 24.3 Å². The Hall–Kier alpha value is -6.79. The molecule has 0 radical (unpaired) electrons. The number of ether oxygens (including phenoxy) is 2. The van der Waals surface area contributed by atoms with Crippen LogP contribution in [0.5, 0.6) is 23.1 Å². The molecule has 2 fully saturated rings. The summed E-state index contributed by atoms with van der Waals surface area (Å²) in [6, 6.07) is 33.4. The van der Waals surface area contributed by atoms with Gasteiger partial charge < -0.3 is 19.5 Å². The van der Waals surface area contributed by atoms with E-state index in [1.54, 1.807) is 30.3 Å². The molecule has 4 amide bonds. The maximum absolute atomic E-state index is 13.2. The van der Waals surface area contributed by atoms with E-state index in [1.807, 2.05) is 60.8 Å². The predicted octanol–water partition coefficient (Wildman–Crippen LogP) is 6.55. The normalized spacial score (nSPS) is 17.5. The van der Waals surface area contributed by atoms with Crippen molar-refractivity contribution in [3.8, 4) is 23.1 Å². The fourth-order valence-electron chi connectivity index (χ4n) is 7.80. The smallest absolute Gasteiger partial charge is 0.262 e. The number of rotatable bonds is 12. The maximum Gasteiger partial charge on any atom is 0.262 e. The third kappa shape index (κ3) is 8.05. The lowest BCUT2D eigenvalue weighted by atomic mass is 9.88. The summed E-state index contributed by atoms with van der Waals surface area (Å²) >= 11 is 0. The number of anilines is 1. The van der Waals surface area contributed by atoms with Crippen molar-refractivity contribution in [3.63, 3.8) is 0 Å². The number of piperidine rings is 1. The lowest BCUT2D eigenvalue weighted by Crippen LogP contribution is -2.54. The van der Waals surface area contributed by atoms with Gasteiger partial charge in [0.2, 0.25) is 17.7 Å². The van der Waals surface area contributed by atoms with E-state index in [4.69, 9.17) is 9.47 Å². The molecule has 58 heavy (non-hydrogen) atoms. The van der Waals surface area contributed by atoms with Gasteiger partial charge in [-0.15, -0.1) is 0 Å². The van der Waals surface area contributed by atoms with Gasteiger partial charge in [-0.25, -0.2) is 4.98 Å². The second-order valence-electron chi connectivity index (χ2n) is 14.4. The summed E-state index contributed by atoms with van der Waals surface area (Å²) in [5.74, 6) is -0.267. The summed E-state index contributed by atoms with van der Waals surface area (Å²) < 4.78 is 12.1. The van der Waals surface area contributed by atoms with Crippen molar-refractivity contribution in [2.24, 2.45) is 0 Å². The van der Waals surface area contributed by atoms with E-state index >= 15 is 0 Å². The van der Waals surface area contributed by atoms with Crippen LogP contribution in [-0.2, 0) is 9.59 Å². The Morgan fingerprint density at radius 1 is 0.776 bits per heavy atom. The van der Waals surface area contributed by atoms with Crippen LogP contribution in [0.2, 0.25) is 0 Å². The van der Waals surface area contributed by atoms with E-state index in [2.05, 4.69) is 51.3 Å². The molecule has 0 saturated carbocycles. The summed E-state index contributed by atoms with van der Waals surface area (Å²) in [7, 11) is 0. The predicted molar refractivity (Wildman–Crippen MR) is 219 cm³/mol. The molecular formula is C46H43N5O7. The standard InChI is InChI=1S/C46H43N5O7/c1-2-37(30-6-4-3-5-7-30)43(31-8-13-34(52)14-9-31)32-10-15-35(16-11-32)58-42-21-12-33(29-47-42)50-24-22-49(23-25-50)26-27-57-36-17-18-38-39(28-36)46(56)51(45(38)55)40-19-20-41(53)48-44(40)54/h3-18,21,28-29,40,52H,2,19-20,22-27H2,1H3,(H,48,53,54)/b43-37-. The van der Waals surface area contributed by atoms with Crippen molar-refractivity contribution in [1.29, 1.82) is 0 Å². The molecule has 1 unspecified atom stereocenters. The Kier molecular flexibility index (Phi) is 11.0. The van der Waals surface area contributed by atoms with Crippen LogP contribution in [0.3, 0.4) is 0 Å². The minimum absolute atomic E-state index is 0.0707. The van der Waals surface area contributed by atoms with Gasteiger partial charge in [0.05, 0.1) is 23.0 Å². The number of pyridine rings is 1. The first-order chi connectivity index (χ1) is 28.2. The second kappa shape index (κ2) is 16.7. The number of fused-ring (bicyclic) bond motifs is 1. The summed E-state index contributed by atoms with van der Waals surface area (Å²) in [5.41, 5.74) is 6.97. The SMILES string of the molecule is CC/C(=C(\c1ccc(O)cc1)c1ccc(Oc2ccc(N3CCN(CCOc4ccc5c(c4)C(=O)N(C4CCC(=O)NC4=O)C5=O)CC3)cn2)cc1)c1ccccc1. The Morgan fingerprint density at radius 3 is 2.14 bits per heavy atom. The third-order valence-electron chi connectivity index (χ3n) is 10.8. The molecule has 0 aliphatic carbocycles. The average Bonchev–Trinajstić information content (AvgIpc) is 3.49. The number of allylic oxidation sites excluding steroid dienone is 1. The minimum atomic E-state index is -1.00. The average molecular weight is 778 g/mol. The van der Waals surface area contributed by atoms with Gasteiger partial charge >= 0.3 is 0 Å². The van der Waals surface area contributed by atoms with Crippen LogP contribution in [0.25, 0.3) is 11.1 Å². The molecule has 2 saturated heterocycles. The molecule has 4 heterocycles. The van der Waals surface area contributed by atoms with E-state index in [0.29, 0.717) is 30.5 Å². The number of nitrogens with zero attached hydrogens (tertiary/aromatic N) is 4. The first-order valence-corrected chi connectivity index (χ1v) is 19.5. The quantitative estimate of drug-likeness (QED) is 0.106. The van der Waals surface area contributed by atoms with Crippen molar-refractivity contribution in [3.05, 3.63) is 143 Å². The van der Waals surface area contributed by atoms with Crippen molar-refractivity contribution in [2.45, 2.75) is 32.2 Å². The molecule has 0 spiro atoms. The fourth-order valence-corrected chi connectivity index (χ4v) is 7.80. The third-order valence-corrected chi connectivity index (χ3v) is 10.8. The van der Waals surface area contributed by atoms with Gasteiger partial charge in [-0.2, -0.15) is 0 Å². The molecule has 2 N–H and O–H groups in total. The molecule has 8 rings (SSSR count). The molecule has 5 aromatic rings. The van der Waals surface area contributed by atoms with Crippen molar-refractivity contribution in [2.75, 3.05) is 44.2 Å². The Morgan fingerprint density at radius 2 is 1.47 bits per heavy atom. The van der Waals surface area contributed by atoms with Crippen LogP contribution < -0.4 is 19.7 Å². The molecule has 0 bridgehead atoms. The zero-order valence-electron chi connectivity index (χ0n) is 32.1. The number of hydrogen-bond acceptors (Lipinski definition) is 10. The number of imide groups is 2. The number of benzene rings is 4. The molecular weight excluding hydrogens is 735 g/mol. The largest absolute Gasteiger partial charge is 0.508 e. The number of hydrogen-bond donors (Lipinski definition) is 2. The van der Waals surface area contributed by atoms with Gasteiger partial charge in [-0.1, -0.05) is 61.5 Å². The monoisotopic (exact) mass is 777 g/mol. The summed E-state index contributed by atoms with van der Waals surface area (Å²) in [4.78, 5) is 60.2. The van der Waals surface area contributed by atoms with Gasteiger partial charge in [-0.05, 0) is 89.2 Å². The molecule has 1 atom stereocenters. The van der Waals surface area contributed by atoms with Crippen LogP contribution in [0.4, 0.5) is 5.69 Å². The Labute approximate surface area is 336 Å². The Balaban J connectivity index is 0.833. The van der Waals surface area contributed by atoms with E-state index < -0.39 is 29.7 Å². The van der Waals surface area contributed by atoms with Crippen molar-refractivity contribution < 1.29 is 33.8 Å². The summed E-state index contributed by atoms with van der Waals surface area (Å²) in [5, 5.41) is 12.2. The minimum Gasteiger partial charge on any atom is -0.508 e. The zero-order chi connectivity index (χ0) is 40.2. The number of nitrogens with one attached hydrogen (secondary N) is 1. The maximum atomic E-state index is 13.2. The molecule has 12 heteroatoms. The van der Waals surface area contributed by atoms with E-state index in [-0.39, 0.29) is 29.7 Å². The lowest BCUT2D eigenvalue weighted by molar-refractivity contribution is -0.136. The highest BCUT2D eigenvalue weighted by atomic mass is 16.5. The number of phenolic OH excluding ortho intramolecular Hbond substituents is 1. The van der Waals surface area contributed by atoms with Gasteiger partial charge in [0, 0.05) is 45.2 Å². The lowest BCUT2D eigenvalue weighted by Gasteiger charge is -2.35. The van der Waals surface area contributed by atoms with Crippen LogP contribution >= 0.6 is 0 Å². The second-order valence-corrected chi connectivity index (χ2v) is 14.4. The molecule has 3 aliphatic heterocycles. The number of phenols is 1. The number of amides is 4. The first-order valence-electron chi connectivity index (χ1n) is 19.5. The molecule has 3 aliphatic rings. The molecule has 4 aromatic carbocycles. The van der Waals surface area contributed by atoms with Crippen LogP contribution in [0, 0.1) is 0 Å². The van der Waals surface area contributed by atoms with Gasteiger partial charge in [-0.3, -0.25) is 34.3 Å². The number of piperazine rings is 1. The number of aromatic hydroxyl groups is 1. The number of aromatic nitrogens is 1. The van der Waals surface area contributed by atoms with E-state index in [1.165, 1.54) is 5.57 Å². The van der Waals surface area contributed by atoms with E-state index in [0.717, 1.165) is 65.5 Å². The zero-order valence-corrected chi connectivity index (χ0v) is 32.1. The highest BCUT2D eigenvalue weighted by molar-refractivity contribution is 6.23. The van der Waals surface area contributed by atoms with Crippen molar-refractivity contribution in [1.82, 2.24) is 20.1 Å². The van der Waals surface area contributed by atoms with Crippen LogP contribution in [0.1, 0.15) is 63.6 Å². The first kappa shape index (κ1) is 38.1. The van der Waals surface area contributed by atoms with Gasteiger partial charge in [0.15, 0.2) is 0 Å². The summed E-state index contributed by atoms with van der Waals surface area (Å²) in [6.07, 6.45) is 2.85. The fraction of sp³-hybridized carbons (Fsp3) is 0.239. The number of carbonyl (C=O) groups excluding carboxylic acids is 4. The van der Waals surface area contributed by atoms with Gasteiger partial charge in [0.1, 0.15) is 29.9 Å². The topological polar surface area (TPSA) is 142 Å². The van der Waals surface area contributed by atoms with Crippen LogP contribution in [-0.4, -0.2) is 88.9 Å². The van der Waals surface area contributed by atoms with Crippen molar-refractivity contribution >= 4 is 40.5 Å². The number of carbonyl (C=O) groups is 4. The van der Waals surface area contributed by atoms with Crippen LogP contribution in [0.15, 0.2) is 115 Å². The summed E-state index contributed by atoms with van der Waals surface area (Å²) in [6.45, 7) is 6.52. The highest BCUT2D eigenvalue weighted by Gasteiger charge is 2.44. The Bertz CT molecular complexity index is 2360. The highest BCUT2D eigenvalue weighted by Crippen LogP contribution is 2.36. The molecule has 294 valence electrons. The molecule has 1 aromatic heterocycles. The molecule has 12 nitrogen and oxygen atoms in total. The van der Waals surface area contributed by atoms with Gasteiger partial charge in [0.25, 0.3) is 11.8 Å².